The van der Waals surface area contributed by atoms with Crippen LogP contribution in [0, 0.1) is 25.7 Å². The summed E-state index contributed by atoms with van der Waals surface area (Å²) in [6.07, 6.45) is 6.05. The highest BCUT2D eigenvalue weighted by molar-refractivity contribution is 7.19. The van der Waals surface area contributed by atoms with Gasteiger partial charge in [0.25, 0.3) is 0 Å². The Morgan fingerprint density at radius 2 is 1.77 bits per heavy atom. The van der Waals surface area contributed by atoms with Crippen molar-refractivity contribution >= 4 is 33.2 Å². The molecule has 7 rings (SSSR count). The number of hydrogen-bond acceptors (Lipinski definition) is 6. The highest BCUT2D eigenvalue weighted by atomic mass is 32.1. The van der Waals surface area contributed by atoms with Crippen molar-refractivity contribution in [3.05, 3.63) is 57.0 Å². The lowest BCUT2D eigenvalue weighted by Crippen LogP contribution is -2.39. The van der Waals surface area contributed by atoms with Crippen LogP contribution in [0.1, 0.15) is 80.9 Å². The Labute approximate surface area is 283 Å². The molecule has 3 aromatic rings. The van der Waals surface area contributed by atoms with Crippen molar-refractivity contribution in [2.24, 2.45) is 11.8 Å². The molecule has 3 N–H and O–H groups in total. The zero-order chi connectivity index (χ0) is 33.0. The van der Waals surface area contributed by atoms with Gasteiger partial charge in [0.05, 0.1) is 17.2 Å². The maximum Gasteiger partial charge on any atom is 0.226 e. The number of ketones is 1. The number of β-amino-alcohol motifs (C(OH)–C–C–N with tert-alkyl or cyclic N) is 1. The van der Waals surface area contributed by atoms with Crippen molar-refractivity contribution in [1.82, 2.24) is 20.1 Å². The Hall–Kier alpha value is -2.78. The average Bonchev–Trinajstić information content (AvgIpc) is 3.87. The number of benzene rings is 1. The fourth-order valence-electron chi connectivity index (χ4n) is 8.92. The van der Waals surface area contributed by atoms with Crippen LogP contribution in [0.15, 0.2) is 35.4 Å². The van der Waals surface area contributed by atoms with Gasteiger partial charge in [0.1, 0.15) is 10.6 Å². The average molecular weight is 657 g/mol. The summed E-state index contributed by atoms with van der Waals surface area (Å²) < 4.78 is 0. The minimum Gasteiger partial charge on any atom is -0.391 e. The molecule has 8 heteroatoms. The first-order valence-electron chi connectivity index (χ1n) is 17.8. The maximum absolute atomic E-state index is 14.0. The van der Waals surface area contributed by atoms with Gasteiger partial charge in [-0.15, -0.1) is 11.3 Å². The van der Waals surface area contributed by atoms with Gasteiger partial charge < -0.3 is 25.2 Å². The molecule has 1 aliphatic carbocycles. The second-order valence-corrected chi connectivity index (χ2v) is 16.6. The summed E-state index contributed by atoms with van der Waals surface area (Å²) in [4.78, 5) is 37.4. The van der Waals surface area contributed by atoms with Crippen molar-refractivity contribution in [3.8, 4) is 11.3 Å². The summed E-state index contributed by atoms with van der Waals surface area (Å²) in [6.45, 7) is 15.9. The number of amides is 1. The Kier molecular flexibility index (Phi) is 9.00. The number of carbonyl (C=O) groups is 2. The summed E-state index contributed by atoms with van der Waals surface area (Å²) in [5.74, 6) is 1.19. The summed E-state index contributed by atoms with van der Waals surface area (Å²) in [7, 11) is 0. The van der Waals surface area contributed by atoms with E-state index in [4.69, 9.17) is 0 Å². The predicted octanol–water partition coefficient (Wildman–Crippen LogP) is 6.30. The molecule has 1 amide bonds. The van der Waals surface area contributed by atoms with Crippen LogP contribution >= 0.6 is 11.3 Å². The third-order valence-corrected chi connectivity index (χ3v) is 13.1. The SMILES string of the molecule is CC(CC(=O)N1CCC(O)C1)=C1CCN(CCc2c(-c3cc(C)cc(C)c3)[nH]c3sc(C(C)(C)C(=O)C4C5CCC4NC5)cc23)CC1. The largest absolute Gasteiger partial charge is 0.391 e. The number of aryl methyl sites for hydroxylation is 2. The lowest BCUT2D eigenvalue weighted by atomic mass is 9.76. The van der Waals surface area contributed by atoms with Gasteiger partial charge in [-0.25, -0.2) is 0 Å². The van der Waals surface area contributed by atoms with Crippen molar-refractivity contribution in [2.45, 2.75) is 97.1 Å². The number of nitrogens with zero attached hydrogens (tertiary/aromatic N) is 2. The number of piperidine rings is 2. The van der Waals surface area contributed by atoms with Crippen LogP contribution in [0.5, 0.6) is 0 Å². The van der Waals surface area contributed by atoms with Crippen molar-refractivity contribution in [3.63, 3.8) is 0 Å². The smallest absolute Gasteiger partial charge is 0.226 e. The molecule has 4 aliphatic rings. The van der Waals surface area contributed by atoms with Gasteiger partial charge in [-0.2, -0.15) is 0 Å². The van der Waals surface area contributed by atoms with Gasteiger partial charge in [-0.1, -0.05) is 28.3 Å². The van der Waals surface area contributed by atoms with Gasteiger partial charge in [0, 0.05) is 61.4 Å². The summed E-state index contributed by atoms with van der Waals surface area (Å²) in [5, 5.41) is 14.7. The van der Waals surface area contributed by atoms with Crippen LogP contribution < -0.4 is 5.32 Å². The summed E-state index contributed by atoms with van der Waals surface area (Å²) in [6, 6.07) is 9.49. The first-order valence-corrected chi connectivity index (χ1v) is 18.7. The van der Waals surface area contributed by atoms with Gasteiger partial charge in [-0.05, 0) is 115 Å². The number of aliphatic hydroxyl groups is 1. The molecule has 4 atom stereocenters. The second kappa shape index (κ2) is 12.9. The number of Topliss-reactive ketones (excluding diaryl/α,β-unsaturated/α-hetero) is 1. The molecule has 47 heavy (non-hydrogen) atoms. The molecule has 5 heterocycles. The summed E-state index contributed by atoms with van der Waals surface area (Å²) in [5.41, 5.74) is 8.46. The molecule has 7 nitrogen and oxygen atoms in total. The van der Waals surface area contributed by atoms with E-state index in [0.29, 0.717) is 43.7 Å². The lowest BCUT2D eigenvalue weighted by molar-refractivity contribution is -0.130. The van der Waals surface area contributed by atoms with Crippen LogP contribution in [-0.2, 0) is 21.4 Å². The first-order chi connectivity index (χ1) is 22.5. The number of likely N-dealkylation sites (tertiary alicyclic amines) is 2. The highest BCUT2D eigenvalue weighted by Crippen LogP contribution is 2.45. The molecule has 0 radical (unpaired) electrons. The molecule has 252 valence electrons. The van der Waals surface area contributed by atoms with E-state index < -0.39 is 5.41 Å². The molecular weight excluding hydrogens is 605 g/mol. The number of aromatic nitrogens is 1. The van der Waals surface area contributed by atoms with Crippen LogP contribution in [0.3, 0.4) is 0 Å². The standard InChI is InChI=1S/C39H52N4O3S/c1-23-16-24(2)18-28(17-23)36-30(11-14-42-12-8-26(9-13-42)25(3)19-34(45)43-15-10-29(44)22-43)31-20-33(47-38(31)41-36)39(4,5)37(46)35-27-6-7-32(35)40-21-27/h16-18,20,27,29,32,35,40-41,44H,6-15,19,21-22H2,1-5H3. The van der Waals surface area contributed by atoms with E-state index in [-0.39, 0.29) is 17.9 Å². The van der Waals surface area contributed by atoms with E-state index in [2.05, 4.69) is 74.1 Å². The molecule has 0 spiro atoms. The molecule has 4 unspecified atom stereocenters. The number of nitrogens with one attached hydrogen (secondary N) is 2. The Balaban J connectivity index is 1.09. The summed E-state index contributed by atoms with van der Waals surface area (Å²) >= 11 is 1.77. The highest BCUT2D eigenvalue weighted by Gasteiger charge is 2.50. The quantitative estimate of drug-likeness (QED) is 0.236. The van der Waals surface area contributed by atoms with E-state index in [9.17, 15) is 14.7 Å². The predicted molar refractivity (Wildman–Crippen MR) is 191 cm³/mol. The zero-order valence-corrected chi connectivity index (χ0v) is 29.7. The maximum atomic E-state index is 14.0. The van der Waals surface area contributed by atoms with Gasteiger partial charge in [0.15, 0.2) is 0 Å². The molecular formula is C39H52N4O3S. The number of hydrogen-bond donors (Lipinski definition) is 3. The Bertz CT molecular complexity index is 1670. The minimum atomic E-state index is -0.511. The first kappa shape index (κ1) is 32.8. The fraction of sp³-hybridized carbons (Fsp3) is 0.590. The number of H-pyrrole nitrogens is 1. The van der Waals surface area contributed by atoms with E-state index in [1.165, 1.54) is 60.6 Å². The van der Waals surface area contributed by atoms with Crippen LogP contribution in [0.25, 0.3) is 21.5 Å². The zero-order valence-electron chi connectivity index (χ0n) is 28.9. The number of fused-ring (bicyclic) bond motifs is 3. The van der Waals surface area contributed by atoms with Crippen molar-refractivity contribution in [1.29, 1.82) is 0 Å². The second-order valence-electron chi connectivity index (χ2n) is 15.5. The van der Waals surface area contributed by atoms with Crippen LogP contribution in [0.4, 0.5) is 0 Å². The Morgan fingerprint density at radius 1 is 1.02 bits per heavy atom. The topological polar surface area (TPSA) is 88.7 Å². The van der Waals surface area contributed by atoms with E-state index in [1.807, 2.05) is 4.90 Å². The third kappa shape index (κ3) is 6.39. The molecule has 2 bridgehead atoms. The number of rotatable bonds is 9. The van der Waals surface area contributed by atoms with Gasteiger partial charge in [0.2, 0.25) is 5.91 Å². The number of aromatic amines is 1. The number of thiophene rings is 1. The minimum absolute atomic E-state index is 0.142. The molecule has 2 aromatic heterocycles. The van der Waals surface area contributed by atoms with Gasteiger partial charge >= 0.3 is 0 Å². The molecule has 3 aliphatic heterocycles. The van der Waals surface area contributed by atoms with E-state index in [1.54, 1.807) is 11.3 Å². The Morgan fingerprint density at radius 3 is 2.38 bits per heavy atom. The fourth-order valence-corrected chi connectivity index (χ4v) is 10.1. The van der Waals surface area contributed by atoms with Gasteiger partial charge in [-0.3, -0.25) is 9.59 Å². The number of aliphatic hydroxyl groups excluding tert-OH is 1. The number of carbonyl (C=O) groups excluding carboxylic acids is 2. The molecule has 1 saturated carbocycles. The van der Waals surface area contributed by atoms with Crippen LogP contribution in [-0.4, -0.2) is 83.0 Å². The monoisotopic (exact) mass is 656 g/mol. The van der Waals surface area contributed by atoms with E-state index in [0.717, 1.165) is 51.9 Å². The van der Waals surface area contributed by atoms with Crippen molar-refractivity contribution < 1.29 is 14.7 Å². The normalized spacial score (nSPS) is 25.0. The van der Waals surface area contributed by atoms with Crippen molar-refractivity contribution in [2.75, 3.05) is 39.3 Å². The van der Waals surface area contributed by atoms with E-state index >= 15 is 0 Å². The molecule has 4 fully saturated rings. The molecule has 1 aromatic carbocycles. The molecule has 3 saturated heterocycles. The van der Waals surface area contributed by atoms with Crippen LogP contribution in [0.2, 0.25) is 0 Å². The lowest BCUT2D eigenvalue weighted by Gasteiger charge is -2.30. The third-order valence-electron chi connectivity index (χ3n) is 11.7.